The van der Waals surface area contributed by atoms with Gasteiger partial charge in [0.25, 0.3) is 10.0 Å². The molecule has 1 N–H and O–H groups in total. The van der Waals surface area contributed by atoms with E-state index in [4.69, 9.17) is 4.74 Å². The van der Waals surface area contributed by atoms with E-state index in [0.29, 0.717) is 17.7 Å². The number of anilines is 1. The number of nitrogens with zero attached hydrogens (tertiary/aromatic N) is 2. The number of carbonyl (C=O) groups is 2. The Bertz CT molecular complexity index is 1410. The van der Waals surface area contributed by atoms with Crippen LogP contribution in [-0.2, 0) is 26.2 Å². The molecular formula is C30H36FN3O5S. The van der Waals surface area contributed by atoms with Gasteiger partial charge in [0.15, 0.2) is 0 Å². The van der Waals surface area contributed by atoms with Crippen LogP contribution in [0.5, 0.6) is 5.75 Å². The van der Waals surface area contributed by atoms with Crippen LogP contribution in [0.4, 0.5) is 10.1 Å². The Kier molecular flexibility index (Phi) is 10.3. The van der Waals surface area contributed by atoms with E-state index in [1.165, 1.54) is 12.0 Å². The molecule has 0 heterocycles. The first kappa shape index (κ1) is 30.6. The smallest absolute Gasteiger partial charge is 0.264 e. The second-order valence-corrected chi connectivity index (χ2v) is 11.5. The average molecular weight is 570 g/mol. The Morgan fingerprint density at radius 3 is 2.25 bits per heavy atom. The van der Waals surface area contributed by atoms with Crippen LogP contribution in [0.15, 0.2) is 77.7 Å². The van der Waals surface area contributed by atoms with Gasteiger partial charge in [-0.05, 0) is 81.3 Å². The molecule has 0 spiro atoms. The van der Waals surface area contributed by atoms with Gasteiger partial charge in [-0.3, -0.25) is 13.9 Å². The van der Waals surface area contributed by atoms with E-state index in [-0.39, 0.29) is 29.1 Å². The topological polar surface area (TPSA) is 96.0 Å². The molecule has 3 aromatic rings. The van der Waals surface area contributed by atoms with Crippen molar-refractivity contribution in [2.75, 3.05) is 18.0 Å². The van der Waals surface area contributed by atoms with Gasteiger partial charge in [0.2, 0.25) is 11.8 Å². The fourth-order valence-electron chi connectivity index (χ4n) is 3.99. The van der Waals surface area contributed by atoms with Crippen LogP contribution in [0.1, 0.15) is 38.3 Å². The highest BCUT2D eigenvalue weighted by molar-refractivity contribution is 7.92. The molecule has 0 radical (unpaired) electrons. The van der Waals surface area contributed by atoms with E-state index < -0.39 is 34.3 Å². The molecule has 0 bridgehead atoms. The fraction of sp³-hybridized carbons (Fsp3) is 0.333. The highest BCUT2D eigenvalue weighted by Gasteiger charge is 2.32. The number of amides is 2. The molecule has 0 saturated heterocycles. The molecule has 214 valence electrons. The number of halogens is 1. The monoisotopic (exact) mass is 569 g/mol. The van der Waals surface area contributed by atoms with Gasteiger partial charge in [-0.25, -0.2) is 12.8 Å². The lowest BCUT2D eigenvalue weighted by Gasteiger charge is -2.32. The van der Waals surface area contributed by atoms with Crippen molar-refractivity contribution in [1.82, 2.24) is 10.2 Å². The zero-order chi connectivity index (χ0) is 29.4. The van der Waals surface area contributed by atoms with Crippen molar-refractivity contribution in [3.05, 3.63) is 89.7 Å². The molecule has 0 unspecified atom stereocenters. The lowest BCUT2D eigenvalue weighted by Crippen LogP contribution is -2.52. The molecule has 2 amide bonds. The summed E-state index contributed by atoms with van der Waals surface area (Å²) in [6.45, 7) is 6.75. The number of hydrogen-bond donors (Lipinski definition) is 1. The van der Waals surface area contributed by atoms with Crippen LogP contribution in [0.3, 0.4) is 0 Å². The van der Waals surface area contributed by atoms with Gasteiger partial charge < -0.3 is 15.0 Å². The van der Waals surface area contributed by atoms with E-state index in [9.17, 15) is 22.4 Å². The summed E-state index contributed by atoms with van der Waals surface area (Å²) in [6, 6.07) is 17.2. The maximum absolute atomic E-state index is 13.9. The van der Waals surface area contributed by atoms with E-state index in [1.807, 2.05) is 20.8 Å². The molecule has 0 fully saturated rings. The number of rotatable bonds is 12. The van der Waals surface area contributed by atoms with Crippen molar-refractivity contribution < 1.29 is 27.1 Å². The van der Waals surface area contributed by atoms with Gasteiger partial charge in [0.1, 0.15) is 24.2 Å². The molecule has 3 rings (SSSR count). The van der Waals surface area contributed by atoms with Crippen LogP contribution < -0.4 is 14.4 Å². The van der Waals surface area contributed by atoms with Crippen molar-refractivity contribution in [1.29, 1.82) is 0 Å². The molecule has 40 heavy (non-hydrogen) atoms. The number of carbonyl (C=O) groups excluding carboxylic acids is 2. The summed E-state index contributed by atoms with van der Waals surface area (Å²) in [6.07, 6.45) is 0.708. The van der Waals surface area contributed by atoms with E-state index in [1.54, 1.807) is 55.5 Å². The predicted octanol–water partition coefficient (Wildman–Crippen LogP) is 4.67. The number of methoxy groups -OCH3 is 1. The third kappa shape index (κ3) is 7.59. The van der Waals surface area contributed by atoms with Gasteiger partial charge in [-0.1, -0.05) is 36.8 Å². The summed E-state index contributed by atoms with van der Waals surface area (Å²) in [7, 11) is -2.73. The van der Waals surface area contributed by atoms with E-state index in [2.05, 4.69) is 5.32 Å². The van der Waals surface area contributed by atoms with Crippen molar-refractivity contribution in [3.63, 3.8) is 0 Å². The van der Waals surface area contributed by atoms with E-state index >= 15 is 0 Å². The predicted molar refractivity (Wildman–Crippen MR) is 153 cm³/mol. The summed E-state index contributed by atoms with van der Waals surface area (Å²) in [5, 5.41) is 2.90. The maximum atomic E-state index is 13.9. The second kappa shape index (κ2) is 13.4. The summed E-state index contributed by atoms with van der Waals surface area (Å²) in [5.41, 5.74) is 1.88. The fourth-order valence-corrected chi connectivity index (χ4v) is 5.40. The number of hydrogen-bond acceptors (Lipinski definition) is 5. The zero-order valence-electron chi connectivity index (χ0n) is 23.4. The van der Waals surface area contributed by atoms with Crippen LogP contribution in [0.25, 0.3) is 0 Å². The van der Waals surface area contributed by atoms with Crippen molar-refractivity contribution >= 4 is 27.5 Å². The van der Waals surface area contributed by atoms with Gasteiger partial charge in [0.05, 0.1) is 17.7 Å². The first-order valence-corrected chi connectivity index (χ1v) is 14.5. The Labute approximate surface area is 235 Å². The highest BCUT2D eigenvalue weighted by Crippen LogP contribution is 2.25. The Morgan fingerprint density at radius 1 is 1.00 bits per heavy atom. The van der Waals surface area contributed by atoms with Gasteiger partial charge in [-0.2, -0.15) is 0 Å². The lowest BCUT2D eigenvalue weighted by atomic mass is 10.1. The molecule has 2 atom stereocenters. The molecule has 0 aliphatic rings. The Balaban J connectivity index is 2.03. The molecule has 10 heteroatoms. The minimum absolute atomic E-state index is 0.0451. The number of benzene rings is 3. The third-order valence-electron chi connectivity index (χ3n) is 6.66. The van der Waals surface area contributed by atoms with Crippen molar-refractivity contribution in [2.45, 2.75) is 57.6 Å². The summed E-state index contributed by atoms with van der Waals surface area (Å²) in [4.78, 5) is 28.2. The van der Waals surface area contributed by atoms with Gasteiger partial charge in [-0.15, -0.1) is 0 Å². The molecule has 8 nitrogen and oxygen atoms in total. The zero-order valence-corrected chi connectivity index (χ0v) is 24.2. The van der Waals surface area contributed by atoms with Gasteiger partial charge >= 0.3 is 0 Å². The first-order chi connectivity index (χ1) is 19.0. The molecule has 0 aliphatic heterocycles. The highest BCUT2D eigenvalue weighted by atomic mass is 32.2. The number of sulfonamides is 1. The van der Waals surface area contributed by atoms with Crippen LogP contribution >= 0.6 is 0 Å². The largest absolute Gasteiger partial charge is 0.497 e. The second-order valence-electron chi connectivity index (χ2n) is 9.67. The standard InChI is InChI=1S/C30H36FN3O5S/c1-6-22(3)32-30(36)23(4)33(19-24-8-7-9-27(18-24)39-5)29(35)20-34(26-14-10-21(2)11-15-26)40(37,38)28-16-12-25(31)13-17-28/h7-18,22-23H,6,19-20H2,1-5H3,(H,32,36)/t22-,23-/m1/s1. The van der Waals surface area contributed by atoms with Crippen LogP contribution in [0.2, 0.25) is 0 Å². The van der Waals surface area contributed by atoms with Crippen molar-refractivity contribution in [2.24, 2.45) is 0 Å². The van der Waals surface area contributed by atoms with Crippen LogP contribution in [-0.4, -0.2) is 50.9 Å². The van der Waals surface area contributed by atoms with Crippen molar-refractivity contribution in [3.8, 4) is 5.75 Å². The Hall–Kier alpha value is -3.92. The van der Waals surface area contributed by atoms with Crippen LogP contribution in [0, 0.1) is 12.7 Å². The molecule has 0 saturated carbocycles. The Morgan fingerprint density at radius 2 is 1.65 bits per heavy atom. The molecule has 3 aromatic carbocycles. The number of aryl methyl sites for hydroxylation is 1. The summed E-state index contributed by atoms with van der Waals surface area (Å²) >= 11 is 0. The SMILES string of the molecule is CC[C@@H](C)NC(=O)[C@@H](C)N(Cc1cccc(OC)c1)C(=O)CN(c1ccc(C)cc1)S(=O)(=O)c1ccc(F)cc1. The first-order valence-electron chi connectivity index (χ1n) is 13.0. The molecule has 0 aliphatic carbocycles. The van der Waals surface area contributed by atoms with E-state index in [0.717, 1.165) is 34.1 Å². The minimum Gasteiger partial charge on any atom is -0.497 e. The summed E-state index contributed by atoms with van der Waals surface area (Å²) < 4.78 is 47.4. The normalized spacial score (nSPS) is 12.8. The molecule has 0 aromatic heterocycles. The number of ether oxygens (including phenoxy) is 1. The third-order valence-corrected chi connectivity index (χ3v) is 8.45. The maximum Gasteiger partial charge on any atom is 0.264 e. The molecular weight excluding hydrogens is 533 g/mol. The minimum atomic E-state index is -4.27. The summed E-state index contributed by atoms with van der Waals surface area (Å²) in [5.74, 6) is -0.931. The quantitative estimate of drug-likeness (QED) is 0.342. The van der Waals surface area contributed by atoms with Gasteiger partial charge in [0, 0.05) is 12.6 Å². The number of nitrogens with one attached hydrogen (secondary N) is 1. The lowest BCUT2D eigenvalue weighted by molar-refractivity contribution is -0.139. The average Bonchev–Trinajstić information content (AvgIpc) is 2.94.